The van der Waals surface area contributed by atoms with Crippen molar-refractivity contribution in [2.24, 2.45) is 5.16 Å². The number of hydrogen-bond donors (Lipinski definition) is 5. The van der Waals surface area contributed by atoms with E-state index in [9.17, 15) is 14.7 Å². The van der Waals surface area contributed by atoms with E-state index in [2.05, 4.69) is 31.7 Å². The third-order valence-electron chi connectivity index (χ3n) is 4.62. The molecule has 0 aliphatic rings. The standard InChI is InChI=1S/C22H27BrN4O4/c23-16-13-15(10-11-20(16)28)14-19(27-31)22(30)25-12-6-2-1-3-9-21(29)26-18-8-5-4-7-17(18)24/h4-5,7-8,10-11,13,28,31H,1-3,6,9,12,14,24H2,(H,25,30)(H,26,29)/b27-19+. The average molecular weight is 491 g/mol. The lowest BCUT2D eigenvalue weighted by atomic mass is 10.1. The van der Waals surface area contributed by atoms with Crippen molar-refractivity contribution in [3.63, 3.8) is 0 Å². The van der Waals surface area contributed by atoms with Crippen LogP contribution in [0.1, 0.15) is 37.7 Å². The van der Waals surface area contributed by atoms with Gasteiger partial charge in [0.05, 0.1) is 15.8 Å². The Morgan fingerprint density at radius 2 is 1.81 bits per heavy atom. The first-order chi connectivity index (χ1) is 14.9. The Morgan fingerprint density at radius 3 is 2.52 bits per heavy atom. The summed E-state index contributed by atoms with van der Waals surface area (Å²) in [6.07, 6.45) is 3.76. The minimum Gasteiger partial charge on any atom is -0.507 e. The van der Waals surface area contributed by atoms with E-state index in [0.29, 0.717) is 28.8 Å². The van der Waals surface area contributed by atoms with Gasteiger partial charge in [0, 0.05) is 19.4 Å². The summed E-state index contributed by atoms with van der Waals surface area (Å²) in [6, 6.07) is 11.9. The number of benzene rings is 2. The van der Waals surface area contributed by atoms with Gasteiger partial charge in [-0.3, -0.25) is 9.59 Å². The maximum absolute atomic E-state index is 12.2. The summed E-state index contributed by atoms with van der Waals surface area (Å²) in [7, 11) is 0. The first-order valence-corrected chi connectivity index (χ1v) is 10.8. The number of hydrogen-bond acceptors (Lipinski definition) is 6. The van der Waals surface area contributed by atoms with Gasteiger partial charge in [-0.25, -0.2) is 0 Å². The largest absolute Gasteiger partial charge is 0.507 e. The molecule has 0 unspecified atom stereocenters. The predicted octanol–water partition coefficient (Wildman–Crippen LogP) is 3.82. The van der Waals surface area contributed by atoms with Crippen LogP contribution in [0.15, 0.2) is 52.1 Å². The molecule has 0 bridgehead atoms. The number of nitrogens with two attached hydrogens (primary N) is 1. The Kier molecular flexibility index (Phi) is 9.83. The minimum atomic E-state index is -0.438. The molecule has 2 aromatic carbocycles. The van der Waals surface area contributed by atoms with Crippen molar-refractivity contribution in [1.82, 2.24) is 5.32 Å². The zero-order valence-corrected chi connectivity index (χ0v) is 18.7. The molecular formula is C22H27BrN4O4. The van der Waals surface area contributed by atoms with Gasteiger partial charge in [0.25, 0.3) is 5.91 Å². The van der Waals surface area contributed by atoms with E-state index < -0.39 is 5.91 Å². The second kappa shape index (κ2) is 12.6. The lowest BCUT2D eigenvalue weighted by molar-refractivity contribution is -0.116. The van der Waals surface area contributed by atoms with Crippen molar-refractivity contribution in [2.75, 3.05) is 17.6 Å². The molecule has 0 aliphatic carbocycles. The van der Waals surface area contributed by atoms with Crippen molar-refractivity contribution >= 4 is 44.8 Å². The lowest BCUT2D eigenvalue weighted by Gasteiger charge is -2.08. The van der Waals surface area contributed by atoms with Crippen LogP contribution in [0.25, 0.3) is 0 Å². The highest BCUT2D eigenvalue weighted by Crippen LogP contribution is 2.24. The molecule has 0 saturated carbocycles. The van der Waals surface area contributed by atoms with Crippen LogP contribution in [0.3, 0.4) is 0 Å². The molecule has 2 aromatic rings. The quantitative estimate of drug-likeness (QED) is 0.107. The third-order valence-corrected chi connectivity index (χ3v) is 5.25. The van der Waals surface area contributed by atoms with Crippen molar-refractivity contribution in [3.05, 3.63) is 52.5 Å². The maximum atomic E-state index is 12.2. The molecule has 6 N–H and O–H groups in total. The number of oxime groups is 1. The number of carbonyl (C=O) groups is 2. The molecule has 0 heterocycles. The van der Waals surface area contributed by atoms with E-state index in [-0.39, 0.29) is 23.8 Å². The van der Waals surface area contributed by atoms with Crippen LogP contribution in [0.2, 0.25) is 0 Å². The van der Waals surface area contributed by atoms with Crippen LogP contribution in [-0.4, -0.2) is 34.4 Å². The Bertz CT molecular complexity index is 933. The molecule has 0 spiro atoms. The predicted molar refractivity (Wildman–Crippen MR) is 124 cm³/mol. The van der Waals surface area contributed by atoms with Crippen LogP contribution >= 0.6 is 15.9 Å². The Hall–Kier alpha value is -3.07. The van der Waals surface area contributed by atoms with Gasteiger partial charge in [-0.2, -0.15) is 0 Å². The summed E-state index contributed by atoms with van der Waals surface area (Å²) in [5, 5.41) is 27.3. The van der Waals surface area contributed by atoms with Crippen molar-refractivity contribution < 1.29 is 19.9 Å². The van der Waals surface area contributed by atoms with Crippen LogP contribution in [0.5, 0.6) is 5.75 Å². The summed E-state index contributed by atoms with van der Waals surface area (Å²) >= 11 is 3.21. The molecule has 0 atom stereocenters. The van der Waals surface area contributed by atoms with Gasteiger partial charge in [0.1, 0.15) is 11.5 Å². The van der Waals surface area contributed by atoms with Crippen LogP contribution < -0.4 is 16.4 Å². The Labute approximate surface area is 189 Å². The van der Waals surface area contributed by atoms with E-state index in [1.54, 1.807) is 24.3 Å². The summed E-state index contributed by atoms with van der Waals surface area (Å²) in [6.45, 7) is 0.448. The number of aromatic hydroxyl groups is 1. The molecule has 0 aromatic heterocycles. The SMILES string of the molecule is Nc1ccccc1NC(=O)CCCCCCNC(=O)/C(Cc1ccc(O)c(Br)c1)=N/O. The van der Waals surface area contributed by atoms with Gasteiger partial charge < -0.3 is 26.7 Å². The van der Waals surface area contributed by atoms with Crippen LogP contribution in [0, 0.1) is 0 Å². The van der Waals surface area contributed by atoms with Gasteiger partial charge in [-0.1, -0.05) is 36.2 Å². The van der Waals surface area contributed by atoms with E-state index in [4.69, 9.17) is 10.9 Å². The first kappa shape index (κ1) is 24.2. The molecule has 166 valence electrons. The smallest absolute Gasteiger partial charge is 0.269 e. The number of nitrogens with zero attached hydrogens (tertiary/aromatic N) is 1. The monoisotopic (exact) mass is 490 g/mol. The summed E-state index contributed by atoms with van der Waals surface area (Å²) in [5.74, 6) is -0.417. The summed E-state index contributed by atoms with van der Waals surface area (Å²) < 4.78 is 0.503. The van der Waals surface area contributed by atoms with Crippen molar-refractivity contribution in [2.45, 2.75) is 38.5 Å². The van der Waals surface area contributed by atoms with Crippen LogP contribution in [0.4, 0.5) is 11.4 Å². The summed E-state index contributed by atoms with van der Waals surface area (Å²) in [5.41, 5.74) is 7.68. The van der Waals surface area contributed by atoms with E-state index in [0.717, 1.165) is 31.2 Å². The number of phenolic OH excluding ortho intramolecular Hbond substituents is 1. The fourth-order valence-corrected chi connectivity index (χ4v) is 3.33. The first-order valence-electron chi connectivity index (χ1n) is 10.0. The molecule has 0 aliphatic heterocycles. The van der Waals surface area contributed by atoms with E-state index in [1.165, 1.54) is 6.07 Å². The fraction of sp³-hybridized carbons (Fsp3) is 0.318. The van der Waals surface area contributed by atoms with Gasteiger partial charge in [-0.15, -0.1) is 0 Å². The molecule has 9 heteroatoms. The van der Waals surface area contributed by atoms with E-state index in [1.807, 2.05) is 12.1 Å². The number of nitrogen functional groups attached to an aromatic ring is 1. The average Bonchev–Trinajstić information content (AvgIpc) is 2.75. The molecule has 0 saturated heterocycles. The highest BCUT2D eigenvalue weighted by molar-refractivity contribution is 9.10. The van der Waals surface area contributed by atoms with Gasteiger partial charge in [0.15, 0.2) is 0 Å². The highest BCUT2D eigenvalue weighted by Gasteiger charge is 2.13. The molecule has 0 radical (unpaired) electrons. The summed E-state index contributed by atoms with van der Waals surface area (Å²) in [4.78, 5) is 24.1. The van der Waals surface area contributed by atoms with Crippen molar-refractivity contribution in [1.29, 1.82) is 0 Å². The van der Waals surface area contributed by atoms with Crippen molar-refractivity contribution in [3.8, 4) is 5.75 Å². The zero-order valence-electron chi connectivity index (χ0n) is 17.1. The van der Waals surface area contributed by atoms with Gasteiger partial charge in [-0.05, 0) is 58.6 Å². The normalized spacial score (nSPS) is 11.2. The fourth-order valence-electron chi connectivity index (χ4n) is 2.91. The number of nitrogens with one attached hydrogen (secondary N) is 2. The number of anilines is 2. The van der Waals surface area contributed by atoms with Crippen LogP contribution in [-0.2, 0) is 16.0 Å². The highest BCUT2D eigenvalue weighted by atomic mass is 79.9. The number of carbonyl (C=O) groups excluding carboxylic acids is 2. The Morgan fingerprint density at radius 1 is 1.06 bits per heavy atom. The second-order valence-corrected chi connectivity index (χ2v) is 7.92. The topological polar surface area (TPSA) is 137 Å². The number of rotatable bonds is 11. The van der Waals surface area contributed by atoms with Gasteiger partial charge in [0.2, 0.25) is 5.91 Å². The molecular weight excluding hydrogens is 464 g/mol. The molecule has 2 rings (SSSR count). The molecule has 2 amide bonds. The molecule has 8 nitrogen and oxygen atoms in total. The minimum absolute atomic E-state index is 0.00514. The lowest BCUT2D eigenvalue weighted by Crippen LogP contribution is -2.33. The molecule has 0 fully saturated rings. The van der Waals surface area contributed by atoms with E-state index >= 15 is 0 Å². The Balaban J connectivity index is 1.61. The van der Waals surface area contributed by atoms with Gasteiger partial charge >= 0.3 is 0 Å². The number of halogens is 1. The molecule has 31 heavy (non-hydrogen) atoms. The number of unbranched alkanes of at least 4 members (excludes halogenated alkanes) is 3. The third kappa shape index (κ3) is 8.29. The second-order valence-electron chi connectivity index (χ2n) is 7.06. The maximum Gasteiger partial charge on any atom is 0.269 e. The zero-order chi connectivity index (χ0) is 22.6. The number of phenols is 1. The number of para-hydroxylation sites is 2. The number of amides is 2.